The van der Waals surface area contributed by atoms with Crippen molar-refractivity contribution in [1.29, 1.82) is 0 Å². The molecule has 2 aromatic rings. The summed E-state index contributed by atoms with van der Waals surface area (Å²) in [4.78, 5) is 23.8. The molecular formula is C17H18FN3O2. The van der Waals surface area contributed by atoms with E-state index in [4.69, 9.17) is 0 Å². The average Bonchev–Trinajstić information content (AvgIpc) is 2.51. The smallest absolute Gasteiger partial charge is 0.319 e. The third kappa shape index (κ3) is 4.81. The van der Waals surface area contributed by atoms with Crippen LogP contribution in [0.5, 0.6) is 0 Å². The number of rotatable bonds is 4. The molecule has 1 unspecified atom stereocenters. The van der Waals surface area contributed by atoms with E-state index in [1.54, 1.807) is 50.2 Å². The number of urea groups is 1. The number of carbonyl (C=O) groups excluding carboxylic acids is 2. The van der Waals surface area contributed by atoms with Crippen LogP contribution >= 0.6 is 0 Å². The lowest BCUT2D eigenvalue weighted by molar-refractivity contribution is -0.117. The van der Waals surface area contributed by atoms with E-state index in [1.165, 1.54) is 6.07 Å². The molecule has 5 nitrogen and oxygen atoms in total. The van der Waals surface area contributed by atoms with E-state index >= 15 is 0 Å². The van der Waals surface area contributed by atoms with Gasteiger partial charge in [0, 0.05) is 11.4 Å². The Labute approximate surface area is 133 Å². The van der Waals surface area contributed by atoms with Crippen molar-refractivity contribution in [3.8, 4) is 0 Å². The number of para-hydroxylation sites is 1. The summed E-state index contributed by atoms with van der Waals surface area (Å²) in [5, 5.41) is 7.69. The second-order valence-electron chi connectivity index (χ2n) is 5.14. The molecule has 0 bridgehead atoms. The maximum Gasteiger partial charge on any atom is 0.319 e. The van der Waals surface area contributed by atoms with Crippen LogP contribution in [-0.2, 0) is 4.79 Å². The van der Waals surface area contributed by atoms with Gasteiger partial charge in [0.15, 0.2) is 0 Å². The minimum absolute atomic E-state index is 0.343. The molecule has 0 aliphatic heterocycles. The van der Waals surface area contributed by atoms with E-state index in [1.807, 2.05) is 6.07 Å². The Morgan fingerprint density at radius 1 is 1.00 bits per heavy atom. The summed E-state index contributed by atoms with van der Waals surface area (Å²) in [6.45, 7) is 3.18. The summed E-state index contributed by atoms with van der Waals surface area (Å²) in [5.41, 5.74) is 1.46. The molecule has 0 aromatic heterocycles. The lowest BCUT2D eigenvalue weighted by atomic mass is 10.2. The fraction of sp³-hybridized carbons (Fsp3) is 0.176. The molecule has 0 saturated carbocycles. The lowest BCUT2D eigenvalue weighted by Crippen LogP contribution is -2.43. The highest BCUT2D eigenvalue weighted by molar-refractivity contribution is 5.98. The normalized spacial score (nSPS) is 11.4. The Morgan fingerprint density at radius 2 is 1.70 bits per heavy atom. The number of anilines is 2. The zero-order valence-electron chi connectivity index (χ0n) is 12.9. The van der Waals surface area contributed by atoms with Crippen molar-refractivity contribution < 1.29 is 14.0 Å². The number of benzene rings is 2. The standard InChI is InChI=1S/C17H18FN3O2/c1-11-8-9-14(10-15(11)18)20-16(22)12(2)19-17(23)21-13-6-4-3-5-7-13/h3-10,12H,1-2H3,(H,20,22)(H2,19,21,23). The topological polar surface area (TPSA) is 70.2 Å². The van der Waals surface area contributed by atoms with Crippen LogP contribution in [0.3, 0.4) is 0 Å². The number of nitrogens with one attached hydrogen (secondary N) is 3. The monoisotopic (exact) mass is 315 g/mol. The molecule has 0 spiro atoms. The van der Waals surface area contributed by atoms with Crippen molar-refractivity contribution in [2.45, 2.75) is 19.9 Å². The zero-order valence-corrected chi connectivity index (χ0v) is 12.9. The van der Waals surface area contributed by atoms with Crippen molar-refractivity contribution in [2.75, 3.05) is 10.6 Å². The van der Waals surface area contributed by atoms with E-state index in [9.17, 15) is 14.0 Å². The van der Waals surface area contributed by atoms with Gasteiger partial charge in [0.2, 0.25) is 5.91 Å². The van der Waals surface area contributed by atoms with Crippen LogP contribution in [0.4, 0.5) is 20.6 Å². The van der Waals surface area contributed by atoms with Crippen LogP contribution in [0, 0.1) is 12.7 Å². The summed E-state index contributed by atoms with van der Waals surface area (Å²) in [7, 11) is 0. The van der Waals surface area contributed by atoms with E-state index in [0.29, 0.717) is 16.9 Å². The van der Waals surface area contributed by atoms with Crippen LogP contribution in [0.2, 0.25) is 0 Å². The Hall–Kier alpha value is -2.89. The third-order valence-corrected chi connectivity index (χ3v) is 3.21. The first kappa shape index (κ1) is 16.5. The minimum atomic E-state index is -0.775. The molecule has 2 aromatic carbocycles. The maximum absolute atomic E-state index is 13.5. The fourth-order valence-electron chi connectivity index (χ4n) is 1.87. The van der Waals surface area contributed by atoms with E-state index < -0.39 is 23.8 Å². The molecule has 0 aliphatic carbocycles. The molecule has 0 radical (unpaired) electrons. The van der Waals surface area contributed by atoms with Crippen molar-refractivity contribution >= 4 is 23.3 Å². The lowest BCUT2D eigenvalue weighted by Gasteiger charge is -2.15. The molecule has 3 N–H and O–H groups in total. The van der Waals surface area contributed by atoms with Gasteiger partial charge in [-0.2, -0.15) is 0 Å². The predicted molar refractivity (Wildman–Crippen MR) is 87.8 cm³/mol. The third-order valence-electron chi connectivity index (χ3n) is 3.21. The molecule has 6 heteroatoms. The van der Waals surface area contributed by atoms with Gasteiger partial charge >= 0.3 is 6.03 Å². The fourth-order valence-corrected chi connectivity index (χ4v) is 1.87. The Kier molecular flexibility index (Phi) is 5.30. The van der Waals surface area contributed by atoms with Gasteiger partial charge in [-0.1, -0.05) is 24.3 Å². The van der Waals surface area contributed by atoms with Crippen LogP contribution in [0.1, 0.15) is 12.5 Å². The summed E-state index contributed by atoms with van der Waals surface area (Å²) in [5.74, 6) is -0.832. The highest BCUT2D eigenvalue weighted by Gasteiger charge is 2.16. The molecule has 0 heterocycles. The van der Waals surface area contributed by atoms with Gasteiger partial charge in [-0.05, 0) is 43.7 Å². The van der Waals surface area contributed by atoms with Gasteiger partial charge in [0.1, 0.15) is 11.9 Å². The van der Waals surface area contributed by atoms with Gasteiger partial charge < -0.3 is 16.0 Å². The van der Waals surface area contributed by atoms with Crippen LogP contribution in [-0.4, -0.2) is 18.0 Å². The zero-order chi connectivity index (χ0) is 16.8. The largest absolute Gasteiger partial charge is 0.326 e. The first-order valence-corrected chi connectivity index (χ1v) is 7.15. The number of carbonyl (C=O) groups is 2. The van der Waals surface area contributed by atoms with Crippen molar-refractivity contribution in [3.05, 3.63) is 59.9 Å². The molecular weight excluding hydrogens is 297 g/mol. The number of halogens is 1. The van der Waals surface area contributed by atoms with Gasteiger partial charge in [-0.3, -0.25) is 4.79 Å². The van der Waals surface area contributed by atoms with Gasteiger partial charge in [-0.25, -0.2) is 9.18 Å². The first-order valence-electron chi connectivity index (χ1n) is 7.15. The number of hydrogen-bond donors (Lipinski definition) is 3. The Morgan fingerprint density at radius 3 is 2.35 bits per heavy atom. The van der Waals surface area contributed by atoms with Gasteiger partial charge in [-0.15, -0.1) is 0 Å². The van der Waals surface area contributed by atoms with E-state index in [2.05, 4.69) is 16.0 Å². The van der Waals surface area contributed by atoms with Gasteiger partial charge in [0.05, 0.1) is 0 Å². The molecule has 2 rings (SSSR count). The molecule has 0 saturated heterocycles. The SMILES string of the molecule is Cc1ccc(NC(=O)C(C)NC(=O)Nc2ccccc2)cc1F. The number of hydrogen-bond acceptors (Lipinski definition) is 2. The van der Waals surface area contributed by atoms with Crippen molar-refractivity contribution in [3.63, 3.8) is 0 Å². The quantitative estimate of drug-likeness (QED) is 0.810. The van der Waals surface area contributed by atoms with Crippen molar-refractivity contribution in [2.24, 2.45) is 0 Å². The van der Waals surface area contributed by atoms with Crippen LogP contribution in [0.15, 0.2) is 48.5 Å². The maximum atomic E-state index is 13.5. The second kappa shape index (κ2) is 7.40. The average molecular weight is 315 g/mol. The van der Waals surface area contributed by atoms with E-state index in [0.717, 1.165) is 0 Å². The molecule has 120 valence electrons. The molecule has 0 aliphatic rings. The summed E-state index contributed by atoms with van der Waals surface area (Å²) >= 11 is 0. The summed E-state index contributed by atoms with van der Waals surface area (Å²) in [6.07, 6.45) is 0. The summed E-state index contributed by atoms with van der Waals surface area (Å²) in [6, 6.07) is 12.0. The minimum Gasteiger partial charge on any atom is -0.326 e. The number of aryl methyl sites for hydroxylation is 1. The van der Waals surface area contributed by atoms with Crippen molar-refractivity contribution in [1.82, 2.24) is 5.32 Å². The summed E-state index contributed by atoms with van der Waals surface area (Å²) < 4.78 is 13.5. The highest BCUT2D eigenvalue weighted by Crippen LogP contribution is 2.13. The molecule has 1 atom stereocenters. The Bertz CT molecular complexity index is 704. The Balaban J connectivity index is 1.89. The molecule has 23 heavy (non-hydrogen) atoms. The predicted octanol–water partition coefficient (Wildman–Crippen LogP) is 3.28. The van der Waals surface area contributed by atoms with E-state index in [-0.39, 0.29) is 0 Å². The van der Waals surface area contributed by atoms with Gasteiger partial charge in [0.25, 0.3) is 0 Å². The molecule has 3 amide bonds. The number of amides is 3. The molecule has 0 fully saturated rings. The first-order chi connectivity index (χ1) is 11.0. The van der Waals surface area contributed by atoms with Crippen LogP contribution in [0.25, 0.3) is 0 Å². The van der Waals surface area contributed by atoms with Crippen LogP contribution < -0.4 is 16.0 Å². The second-order valence-corrected chi connectivity index (χ2v) is 5.14. The highest BCUT2D eigenvalue weighted by atomic mass is 19.1.